The molecule has 0 bridgehead atoms. The van der Waals surface area contributed by atoms with Gasteiger partial charge in [-0.15, -0.1) is 23.1 Å². The Hall–Kier alpha value is -1.05. The highest BCUT2D eigenvalue weighted by atomic mass is 32.2. The zero-order chi connectivity index (χ0) is 14.5. The van der Waals surface area contributed by atoms with Crippen molar-refractivity contribution in [3.63, 3.8) is 0 Å². The minimum Gasteiger partial charge on any atom is -0.353 e. The zero-order valence-corrected chi connectivity index (χ0v) is 13.3. The molecule has 7 heteroatoms. The van der Waals surface area contributed by atoms with Crippen molar-refractivity contribution in [2.45, 2.75) is 5.37 Å². The van der Waals surface area contributed by atoms with Gasteiger partial charge in [-0.05, 0) is 25.5 Å². The van der Waals surface area contributed by atoms with Crippen molar-refractivity contribution >= 4 is 34.9 Å². The Morgan fingerprint density at radius 1 is 1.55 bits per heavy atom. The van der Waals surface area contributed by atoms with Crippen LogP contribution in [0.25, 0.3) is 0 Å². The molecule has 0 radical (unpaired) electrons. The minimum absolute atomic E-state index is 0.0119. The second-order valence-electron chi connectivity index (χ2n) is 4.85. The van der Waals surface area contributed by atoms with Crippen LogP contribution in [-0.2, 0) is 9.59 Å². The van der Waals surface area contributed by atoms with Gasteiger partial charge in [-0.1, -0.05) is 6.07 Å². The molecular formula is C13H19N3O2S2. The summed E-state index contributed by atoms with van der Waals surface area (Å²) in [6.45, 7) is 1.54. The minimum atomic E-state index is -0.0933. The maximum Gasteiger partial charge on any atom is 0.239 e. The third kappa shape index (κ3) is 3.97. The maximum atomic E-state index is 11.9. The van der Waals surface area contributed by atoms with Crippen LogP contribution >= 0.6 is 23.1 Å². The molecule has 20 heavy (non-hydrogen) atoms. The first-order chi connectivity index (χ1) is 9.58. The Kier molecular flexibility index (Phi) is 5.45. The Bertz CT molecular complexity index is 462. The molecule has 1 N–H and O–H groups in total. The van der Waals surface area contributed by atoms with Gasteiger partial charge >= 0.3 is 0 Å². The van der Waals surface area contributed by atoms with E-state index in [4.69, 9.17) is 0 Å². The highest BCUT2D eigenvalue weighted by Crippen LogP contribution is 2.40. The fourth-order valence-corrected chi connectivity index (χ4v) is 4.09. The Labute approximate surface area is 127 Å². The van der Waals surface area contributed by atoms with Crippen LogP contribution in [0.3, 0.4) is 0 Å². The molecule has 0 aromatic carbocycles. The molecule has 1 atom stereocenters. The van der Waals surface area contributed by atoms with Gasteiger partial charge in [0.05, 0.1) is 5.75 Å². The second kappa shape index (κ2) is 7.10. The average Bonchev–Trinajstić information content (AvgIpc) is 3.00. The molecular weight excluding hydrogens is 294 g/mol. The monoisotopic (exact) mass is 313 g/mol. The van der Waals surface area contributed by atoms with E-state index in [1.54, 1.807) is 28.0 Å². The number of nitrogens with one attached hydrogen (secondary N) is 1. The lowest BCUT2D eigenvalue weighted by atomic mass is 10.3. The summed E-state index contributed by atoms with van der Waals surface area (Å²) in [5.74, 6) is 0.397. The number of likely N-dealkylation sites (N-methyl/N-ethyl adjacent to an activating group) is 1. The molecule has 0 spiro atoms. The summed E-state index contributed by atoms with van der Waals surface area (Å²) < 4.78 is 0. The van der Waals surface area contributed by atoms with Gasteiger partial charge in [-0.2, -0.15) is 0 Å². The molecule has 110 valence electrons. The van der Waals surface area contributed by atoms with Crippen LogP contribution < -0.4 is 5.32 Å². The van der Waals surface area contributed by atoms with E-state index in [9.17, 15) is 9.59 Å². The summed E-state index contributed by atoms with van der Waals surface area (Å²) in [6, 6.07) is 3.98. The highest BCUT2D eigenvalue weighted by molar-refractivity contribution is 8.00. The van der Waals surface area contributed by atoms with Crippen LogP contribution in [0.2, 0.25) is 0 Å². The number of carbonyl (C=O) groups excluding carboxylic acids is 2. The number of thioether (sulfide) groups is 1. The number of rotatable bonds is 6. The second-order valence-corrected chi connectivity index (χ2v) is 6.90. The van der Waals surface area contributed by atoms with Crippen LogP contribution in [0.15, 0.2) is 17.5 Å². The van der Waals surface area contributed by atoms with Crippen LogP contribution in [0.5, 0.6) is 0 Å². The lowest BCUT2D eigenvalue weighted by molar-refractivity contribution is -0.133. The van der Waals surface area contributed by atoms with Crippen LogP contribution in [-0.4, -0.2) is 61.1 Å². The fourth-order valence-electron chi connectivity index (χ4n) is 1.92. The quantitative estimate of drug-likeness (QED) is 0.851. The van der Waals surface area contributed by atoms with Gasteiger partial charge in [-0.25, -0.2) is 0 Å². The molecule has 1 aromatic heterocycles. The van der Waals surface area contributed by atoms with Gasteiger partial charge < -0.3 is 15.1 Å². The van der Waals surface area contributed by atoms with Crippen molar-refractivity contribution in [1.29, 1.82) is 0 Å². The molecule has 1 aliphatic heterocycles. The lowest BCUT2D eigenvalue weighted by Gasteiger charge is -2.22. The number of nitrogens with zero attached hydrogens (tertiary/aromatic N) is 2. The average molecular weight is 313 g/mol. The van der Waals surface area contributed by atoms with Crippen LogP contribution in [0.4, 0.5) is 0 Å². The molecule has 5 nitrogen and oxygen atoms in total. The van der Waals surface area contributed by atoms with Gasteiger partial charge in [-0.3, -0.25) is 9.59 Å². The highest BCUT2D eigenvalue weighted by Gasteiger charge is 2.34. The molecule has 2 amide bonds. The molecule has 1 saturated heterocycles. The Morgan fingerprint density at radius 3 is 3.00 bits per heavy atom. The van der Waals surface area contributed by atoms with Crippen molar-refractivity contribution in [2.75, 3.05) is 39.5 Å². The van der Waals surface area contributed by atoms with Crippen molar-refractivity contribution in [3.8, 4) is 0 Å². The summed E-state index contributed by atoms with van der Waals surface area (Å²) in [5.41, 5.74) is 0. The molecule has 1 aliphatic rings. The van der Waals surface area contributed by atoms with E-state index >= 15 is 0 Å². The van der Waals surface area contributed by atoms with Crippen molar-refractivity contribution in [3.05, 3.63) is 22.4 Å². The molecule has 2 heterocycles. The topological polar surface area (TPSA) is 52.7 Å². The molecule has 0 saturated carbocycles. The summed E-state index contributed by atoms with van der Waals surface area (Å²) in [6.07, 6.45) is 0. The molecule has 0 aliphatic carbocycles. The first-order valence-electron chi connectivity index (χ1n) is 6.44. The zero-order valence-electron chi connectivity index (χ0n) is 11.7. The van der Waals surface area contributed by atoms with E-state index < -0.39 is 0 Å². The summed E-state index contributed by atoms with van der Waals surface area (Å²) in [7, 11) is 3.92. The maximum absolute atomic E-state index is 11.9. The van der Waals surface area contributed by atoms with Gasteiger partial charge in [0.1, 0.15) is 11.9 Å². The summed E-state index contributed by atoms with van der Waals surface area (Å²) in [5, 5.41) is 4.83. The molecule has 1 unspecified atom stereocenters. The van der Waals surface area contributed by atoms with Gasteiger partial charge in [0.15, 0.2) is 0 Å². The summed E-state index contributed by atoms with van der Waals surface area (Å²) in [4.78, 5) is 28.6. The first kappa shape index (κ1) is 15.3. The molecule has 1 fully saturated rings. The van der Waals surface area contributed by atoms with Crippen molar-refractivity contribution in [2.24, 2.45) is 0 Å². The standard InChI is InChI=1S/C13H19N3O2S2/c1-15(2)6-5-14-11(17)8-16-12(18)9-20-13(16)10-4-3-7-19-10/h3-4,7,13H,5-6,8-9H2,1-2H3,(H,14,17). The Morgan fingerprint density at radius 2 is 2.35 bits per heavy atom. The Balaban J connectivity index is 1.89. The lowest BCUT2D eigenvalue weighted by Crippen LogP contribution is -2.41. The number of thiophene rings is 1. The van der Waals surface area contributed by atoms with Gasteiger partial charge in [0.25, 0.3) is 0 Å². The van der Waals surface area contributed by atoms with E-state index in [1.807, 2.05) is 36.5 Å². The first-order valence-corrected chi connectivity index (χ1v) is 8.36. The van der Waals surface area contributed by atoms with Gasteiger partial charge in [0, 0.05) is 18.0 Å². The van der Waals surface area contributed by atoms with E-state index in [0.717, 1.165) is 11.4 Å². The van der Waals surface area contributed by atoms with Crippen molar-refractivity contribution in [1.82, 2.24) is 15.1 Å². The smallest absolute Gasteiger partial charge is 0.239 e. The van der Waals surface area contributed by atoms with E-state index in [1.165, 1.54) is 0 Å². The number of hydrogen-bond donors (Lipinski definition) is 1. The normalized spacial score (nSPS) is 18.9. The number of hydrogen-bond acceptors (Lipinski definition) is 5. The SMILES string of the molecule is CN(C)CCNC(=O)CN1C(=O)CSC1c1cccs1. The molecule has 1 aromatic rings. The molecule has 2 rings (SSSR count). The predicted octanol–water partition coefficient (Wildman–Crippen LogP) is 1.000. The van der Waals surface area contributed by atoms with Crippen LogP contribution in [0, 0.1) is 0 Å². The predicted molar refractivity (Wildman–Crippen MR) is 82.8 cm³/mol. The third-order valence-electron chi connectivity index (χ3n) is 2.95. The number of amides is 2. The van der Waals surface area contributed by atoms with E-state index in [-0.39, 0.29) is 23.7 Å². The summed E-state index contributed by atoms with van der Waals surface area (Å²) >= 11 is 3.21. The van der Waals surface area contributed by atoms with Crippen molar-refractivity contribution < 1.29 is 9.59 Å². The largest absolute Gasteiger partial charge is 0.353 e. The number of carbonyl (C=O) groups is 2. The van der Waals surface area contributed by atoms with Gasteiger partial charge in [0.2, 0.25) is 11.8 Å². The van der Waals surface area contributed by atoms with Crippen LogP contribution in [0.1, 0.15) is 10.3 Å². The van der Waals surface area contributed by atoms with E-state index in [2.05, 4.69) is 5.32 Å². The van der Waals surface area contributed by atoms with E-state index in [0.29, 0.717) is 12.3 Å². The third-order valence-corrected chi connectivity index (χ3v) is 5.26. The fraction of sp³-hybridized carbons (Fsp3) is 0.538.